The van der Waals surface area contributed by atoms with Crippen LogP contribution in [0.15, 0.2) is 12.1 Å². The van der Waals surface area contributed by atoms with Crippen LogP contribution in [-0.2, 0) is 6.54 Å². The summed E-state index contributed by atoms with van der Waals surface area (Å²) in [5.41, 5.74) is 0.377. The molecule has 0 aliphatic rings. The Hall–Kier alpha value is -2.57. The van der Waals surface area contributed by atoms with Crippen molar-refractivity contribution in [3.8, 4) is 23.6 Å². The van der Waals surface area contributed by atoms with Crippen molar-refractivity contribution in [3.05, 3.63) is 23.3 Å². The van der Waals surface area contributed by atoms with Crippen molar-refractivity contribution in [2.75, 3.05) is 13.1 Å². The Bertz CT molecular complexity index is 581. The largest absolute Gasteiger partial charge is 0.507 e. The van der Waals surface area contributed by atoms with Crippen LogP contribution in [0.5, 0.6) is 11.5 Å². The van der Waals surface area contributed by atoms with Gasteiger partial charge in [0, 0.05) is 32.5 Å². The number of phenols is 2. The molecule has 0 fully saturated rings. The van der Waals surface area contributed by atoms with E-state index in [1.165, 1.54) is 19.1 Å². The predicted octanol–water partition coefficient (Wildman–Crippen LogP) is 1.93. The van der Waals surface area contributed by atoms with E-state index in [-0.39, 0.29) is 47.8 Å². The molecule has 6 nitrogen and oxygen atoms in total. The van der Waals surface area contributed by atoms with Gasteiger partial charge in [-0.3, -0.25) is 9.69 Å². The number of ketones is 1. The molecule has 1 aromatic carbocycles. The average Bonchev–Trinajstić information content (AvgIpc) is 2.45. The molecule has 0 heterocycles. The van der Waals surface area contributed by atoms with Crippen LogP contribution in [0.3, 0.4) is 0 Å². The van der Waals surface area contributed by atoms with E-state index >= 15 is 0 Å². The first-order chi connectivity index (χ1) is 10.0. The Morgan fingerprint density at radius 2 is 1.76 bits per heavy atom. The summed E-state index contributed by atoms with van der Waals surface area (Å²) in [6, 6.07) is 6.76. The lowest BCUT2D eigenvalue weighted by Gasteiger charge is -2.21. The van der Waals surface area contributed by atoms with E-state index in [2.05, 4.69) is 0 Å². The van der Waals surface area contributed by atoms with Crippen LogP contribution in [0.4, 0.5) is 0 Å². The van der Waals surface area contributed by atoms with Crippen molar-refractivity contribution in [3.63, 3.8) is 0 Å². The number of aromatic hydroxyl groups is 2. The number of phenolic OH excluding ortho intramolecular Hbond substituents is 2. The van der Waals surface area contributed by atoms with E-state index < -0.39 is 0 Å². The van der Waals surface area contributed by atoms with Gasteiger partial charge in [-0.1, -0.05) is 0 Å². The zero-order valence-electron chi connectivity index (χ0n) is 11.8. The van der Waals surface area contributed by atoms with Gasteiger partial charge in [-0.15, -0.1) is 0 Å². The van der Waals surface area contributed by atoms with Gasteiger partial charge in [0.25, 0.3) is 0 Å². The highest BCUT2D eigenvalue weighted by Gasteiger charge is 2.17. The minimum atomic E-state index is -0.297. The minimum Gasteiger partial charge on any atom is -0.507 e. The first-order valence-corrected chi connectivity index (χ1v) is 6.52. The lowest BCUT2D eigenvalue weighted by atomic mass is 10.0. The molecule has 21 heavy (non-hydrogen) atoms. The second kappa shape index (κ2) is 7.88. The minimum absolute atomic E-state index is 0.114. The monoisotopic (exact) mass is 287 g/mol. The maximum Gasteiger partial charge on any atom is 0.163 e. The van der Waals surface area contributed by atoms with E-state index in [0.29, 0.717) is 13.1 Å². The van der Waals surface area contributed by atoms with Crippen molar-refractivity contribution in [1.82, 2.24) is 4.90 Å². The highest BCUT2D eigenvalue weighted by molar-refractivity contribution is 5.97. The van der Waals surface area contributed by atoms with Crippen LogP contribution in [0.1, 0.15) is 35.7 Å². The number of hydrogen-bond donors (Lipinski definition) is 2. The van der Waals surface area contributed by atoms with Crippen LogP contribution in [0.25, 0.3) is 0 Å². The van der Waals surface area contributed by atoms with Gasteiger partial charge in [0.1, 0.15) is 11.5 Å². The molecule has 6 heteroatoms. The van der Waals surface area contributed by atoms with Crippen molar-refractivity contribution in [1.29, 1.82) is 10.5 Å². The second-order valence-corrected chi connectivity index (χ2v) is 4.61. The zero-order chi connectivity index (χ0) is 15.8. The molecule has 0 aromatic heterocycles. The van der Waals surface area contributed by atoms with Gasteiger partial charge >= 0.3 is 0 Å². The molecular formula is C15H17N3O3. The smallest absolute Gasteiger partial charge is 0.163 e. The number of Topliss-reactive ketones (excluding diaryl/α,β-unsaturated/α-hetero) is 1. The lowest BCUT2D eigenvalue weighted by Crippen LogP contribution is -2.25. The van der Waals surface area contributed by atoms with Gasteiger partial charge in [-0.05, 0) is 19.1 Å². The Kier molecular flexibility index (Phi) is 6.19. The lowest BCUT2D eigenvalue weighted by molar-refractivity contribution is 0.101. The molecule has 0 aliphatic carbocycles. The van der Waals surface area contributed by atoms with Gasteiger partial charge in [-0.25, -0.2) is 0 Å². The molecular weight excluding hydrogens is 270 g/mol. The molecule has 0 spiro atoms. The molecule has 0 atom stereocenters. The van der Waals surface area contributed by atoms with Gasteiger partial charge in [0.2, 0.25) is 0 Å². The van der Waals surface area contributed by atoms with E-state index in [0.717, 1.165) is 0 Å². The Morgan fingerprint density at radius 3 is 2.24 bits per heavy atom. The summed E-state index contributed by atoms with van der Waals surface area (Å²) in [6.07, 6.45) is 0.554. The summed E-state index contributed by atoms with van der Waals surface area (Å²) in [7, 11) is 0. The van der Waals surface area contributed by atoms with Crippen molar-refractivity contribution in [2.24, 2.45) is 0 Å². The summed E-state index contributed by atoms with van der Waals surface area (Å²) in [6.45, 7) is 2.34. The number of benzene rings is 1. The van der Waals surface area contributed by atoms with Crippen LogP contribution in [0, 0.1) is 22.7 Å². The molecule has 0 saturated carbocycles. The summed E-state index contributed by atoms with van der Waals surface area (Å²) < 4.78 is 0. The SMILES string of the molecule is CC(=O)c1ccc(O)c(CN(CCC#N)CCC#N)c1O. The topological polar surface area (TPSA) is 108 Å². The molecule has 2 N–H and O–H groups in total. The number of rotatable bonds is 7. The van der Waals surface area contributed by atoms with E-state index in [9.17, 15) is 15.0 Å². The summed E-state index contributed by atoms with van der Waals surface area (Å²) in [4.78, 5) is 13.2. The third-order valence-corrected chi connectivity index (χ3v) is 3.10. The number of carbonyl (C=O) groups is 1. The number of nitriles is 2. The highest BCUT2D eigenvalue weighted by atomic mass is 16.3. The molecule has 1 aromatic rings. The molecule has 0 saturated heterocycles. The molecule has 0 amide bonds. The predicted molar refractivity (Wildman–Crippen MR) is 75.5 cm³/mol. The summed E-state index contributed by atoms with van der Waals surface area (Å²) >= 11 is 0. The van der Waals surface area contributed by atoms with Crippen molar-refractivity contribution in [2.45, 2.75) is 26.3 Å². The molecule has 110 valence electrons. The van der Waals surface area contributed by atoms with Crippen LogP contribution >= 0.6 is 0 Å². The van der Waals surface area contributed by atoms with Gasteiger partial charge in [-0.2, -0.15) is 10.5 Å². The third kappa shape index (κ3) is 4.48. The third-order valence-electron chi connectivity index (χ3n) is 3.10. The Morgan fingerprint density at radius 1 is 1.19 bits per heavy atom. The molecule has 0 unspecified atom stereocenters. The maximum absolute atomic E-state index is 11.4. The Balaban J connectivity index is 3.02. The van der Waals surface area contributed by atoms with E-state index in [4.69, 9.17) is 10.5 Å². The summed E-state index contributed by atoms with van der Waals surface area (Å²) in [5, 5.41) is 37.3. The van der Waals surface area contributed by atoms with Gasteiger partial charge in [0.15, 0.2) is 5.78 Å². The quantitative estimate of drug-likeness (QED) is 0.742. The number of nitrogens with zero attached hydrogens (tertiary/aromatic N) is 3. The standard InChI is InChI=1S/C15H17N3O3/c1-11(19)12-4-5-14(20)13(15(12)21)10-18(8-2-6-16)9-3-7-17/h4-5,20-21H,2-3,8-10H2,1H3. The number of carbonyl (C=O) groups excluding carboxylic acids is 1. The van der Waals surface area contributed by atoms with Crippen LogP contribution in [-0.4, -0.2) is 34.0 Å². The fraction of sp³-hybridized carbons (Fsp3) is 0.400. The summed E-state index contributed by atoms with van der Waals surface area (Å²) in [5.74, 6) is -0.660. The van der Waals surface area contributed by atoms with Crippen LogP contribution < -0.4 is 0 Å². The van der Waals surface area contributed by atoms with Crippen molar-refractivity contribution < 1.29 is 15.0 Å². The van der Waals surface area contributed by atoms with Crippen molar-refractivity contribution >= 4 is 5.78 Å². The molecule has 0 aliphatic heterocycles. The normalized spacial score (nSPS) is 10.1. The Labute approximate surface area is 123 Å². The highest BCUT2D eigenvalue weighted by Crippen LogP contribution is 2.32. The van der Waals surface area contributed by atoms with Gasteiger partial charge < -0.3 is 10.2 Å². The first kappa shape index (κ1) is 16.5. The second-order valence-electron chi connectivity index (χ2n) is 4.61. The van der Waals surface area contributed by atoms with E-state index in [1.807, 2.05) is 12.1 Å². The van der Waals surface area contributed by atoms with Gasteiger partial charge in [0.05, 0.1) is 23.3 Å². The van der Waals surface area contributed by atoms with Crippen LogP contribution in [0.2, 0.25) is 0 Å². The zero-order valence-corrected chi connectivity index (χ0v) is 11.8. The molecule has 1 rings (SSSR count). The molecule has 0 radical (unpaired) electrons. The maximum atomic E-state index is 11.4. The van der Waals surface area contributed by atoms with E-state index in [1.54, 1.807) is 4.90 Å². The fourth-order valence-corrected chi connectivity index (χ4v) is 1.98. The fourth-order valence-electron chi connectivity index (χ4n) is 1.98. The first-order valence-electron chi connectivity index (χ1n) is 6.52. The average molecular weight is 287 g/mol. The molecule has 0 bridgehead atoms. The number of hydrogen-bond acceptors (Lipinski definition) is 6.